The first-order chi connectivity index (χ1) is 9.28. The van der Waals surface area contributed by atoms with Crippen molar-refractivity contribution in [1.29, 1.82) is 0 Å². The molecule has 2 rings (SSSR count). The summed E-state index contributed by atoms with van der Waals surface area (Å²) < 4.78 is 27.0. The zero-order valence-electron chi connectivity index (χ0n) is 9.64. The monoisotopic (exact) mass is 396 g/mol. The van der Waals surface area contributed by atoms with Crippen molar-refractivity contribution in [2.45, 2.75) is 4.90 Å². The molecule has 0 aliphatic carbocycles. The smallest absolute Gasteiger partial charge is 0.264 e. The maximum Gasteiger partial charge on any atom is 0.264 e. The number of aromatic nitrogens is 2. The molecule has 0 fully saturated rings. The van der Waals surface area contributed by atoms with Gasteiger partial charge in [-0.2, -0.15) is 4.98 Å². The largest absolute Gasteiger partial charge is 0.399 e. The summed E-state index contributed by atoms with van der Waals surface area (Å²) in [7, 11) is -3.85. The number of nitrogens with zero attached hydrogens (tertiary/aromatic N) is 2. The normalized spacial score (nSPS) is 11.3. The summed E-state index contributed by atoms with van der Waals surface area (Å²) in [5.41, 5.74) is 6.00. The van der Waals surface area contributed by atoms with Gasteiger partial charge in [0.2, 0.25) is 5.28 Å². The van der Waals surface area contributed by atoms with Gasteiger partial charge in [-0.05, 0) is 45.7 Å². The van der Waals surface area contributed by atoms with E-state index in [0.717, 1.165) is 0 Å². The third-order valence-corrected chi connectivity index (χ3v) is 4.85. The average Bonchev–Trinajstić information content (AvgIpc) is 2.25. The van der Waals surface area contributed by atoms with Crippen LogP contribution in [0.3, 0.4) is 0 Å². The van der Waals surface area contributed by atoms with Gasteiger partial charge in [-0.1, -0.05) is 11.6 Å². The zero-order valence-corrected chi connectivity index (χ0v) is 13.6. The Morgan fingerprint density at radius 3 is 2.50 bits per heavy atom. The van der Waals surface area contributed by atoms with Crippen LogP contribution >= 0.6 is 39.1 Å². The van der Waals surface area contributed by atoms with Gasteiger partial charge in [0.25, 0.3) is 10.0 Å². The first-order valence-corrected chi connectivity index (χ1v) is 8.09. The van der Waals surface area contributed by atoms with E-state index in [-0.39, 0.29) is 21.2 Å². The van der Waals surface area contributed by atoms with Crippen LogP contribution in [0, 0.1) is 0 Å². The Kier molecular flexibility index (Phi) is 4.38. The number of hydrogen-bond donors (Lipinski definition) is 2. The Balaban J connectivity index is 2.40. The molecule has 0 bridgehead atoms. The molecule has 2 aromatic rings. The summed E-state index contributed by atoms with van der Waals surface area (Å²) in [6.45, 7) is 0. The van der Waals surface area contributed by atoms with E-state index in [1.54, 1.807) is 0 Å². The number of hydrogen-bond acceptors (Lipinski definition) is 5. The maximum absolute atomic E-state index is 12.2. The van der Waals surface area contributed by atoms with Gasteiger partial charge in [0.1, 0.15) is 15.9 Å². The molecule has 0 aliphatic rings. The van der Waals surface area contributed by atoms with Crippen molar-refractivity contribution < 1.29 is 8.42 Å². The van der Waals surface area contributed by atoms with Crippen LogP contribution in [-0.2, 0) is 10.0 Å². The highest BCUT2D eigenvalue weighted by molar-refractivity contribution is 9.10. The molecular formula is C10H7BrCl2N4O2S. The van der Waals surface area contributed by atoms with E-state index in [4.69, 9.17) is 28.9 Å². The summed E-state index contributed by atoms with van der Waals surface area (Å²) >= 11 is 14.4. The fraction of sp³-hybridized carbons (Fsp3) is 0. The van der Waals surface area contributed by atoms with Crippen molar-refractivity contribution in [1.82, 2.24) is 9.97 Å². The minimum absolute atomic E-state index is 0.0116. The van der Waals surface area contributed by atoms with E-state index in [1.165, 1.54) is 24.3 Å². The predicted molar refractivity (Wildman–Crippen MR) is 81.4 cm³/mol. The Hall–Kier alpha value is -1.09. The van der Waals surface area contributed by atoms with Gasteiger partial charge < -0.3 is 5.73 Å². The van der Waals surface area contributed by atoms with Crippen LogP contribution < -0.4 is 10.5 Å². The highest BCUT2D eigenvalue weighted by Gasteiger charge is 2.19. The predicted octanol–water partition coefficient (Wildman–Crippen LogP) is 2.93. The van der Waals surface area contributed by atoms with E-state index in [0.29, 0.717) is 10.2 Å². The standard InChI is InChI=1S/C10H7BrCl2N4O2S/c11-6-3-5(14)1-2-7(6)20(18,19)17-9-4-8(12)15-10(13)16-9/h1-4H,14H2,(H,15,16,17). The molecule has 0 saturated heterocycles. The molecule has 20 heavy (non-hydrogen) atoms. The maximum atomic E-state index is 12.2. The van der Waals surface area contributed by atoms with Crippen molar-refractivity contribution >= 4 is 60.7 Å². The fourth-order valence-corrected chi connectivity index (χ4v) is 3.87. The number of anilines is 2. The Bertz CT molecular complexity index is 750. The highest BCUT2D eigenvalue weighted by Crippen LogP contribution is 2.26. The second-order valence-electron chi connectivity index (χ2n) is 3.64. The van der Waals surface area contributed by atoms with Crippen LogP contribution in [0.25, 0.3) is 0 Å². The molecule has 0 saturated carbocycles. The van der Waals surface area contributed by atoms with Gasteiger partial charge in [-0.25, -0.2) is 13.4 Å². The first kappa shape index (κ1) is 15.3. The van der Waals surface area contributed by atoms with Crippen LogP contribution in [-0.4, -0.2) is 18.4 Å². The van der Waals surface area contributed by atoms with Crippen molar-refractivity contribution in [3.05, 3.63) is 39.2 Å². The number of benzene rings is 1. The van der Waals surface area contributed by atoms with E-state index in [9.17, 15) is 8.42 Å². The minimum Gasteiger partial charge on any atom is -0.399 e. The van der Waals surface area contributed by atoms with Gasteiger partial charge in [0.15, 0.2) is 0 Å². The summed E-state index contributed by atoms with van der Waals surface area (Å²) in [6, 6.07) is 5.57. The van der Waals surface area contributed by atoms with Crippen molar-refractivity contribution in [3.8, 4) is 0 Å². The molecule has 3 N–H and O–H groups in total. The minimum atomic E-state index is -3.85. The molecule has 0 unspecified atom stereocenters. The molecular weight excluding hydrogens is 391 g/mol. The van der Waals surface area contributed by atoms with Crippen LogP contribution in [0.15, 0.2) is 33.6 Å². The van der Waals surface area contributed by atoms with Crippen LogP contribution in [0.1, 0.15) is 0 Å². The third-order valence-electron chi connectivity index (χ3n) is 2.15. The van der Waals surface area contributed by atoms with Crippen LogP contribution in [0.2, 0.25) is 10.4 Å². The van der Waals surface area contributed by atoms with Gasteiger partial charge >= 0.3 is 0 Å². The molecule has 0 amide bonds. The first-order valence-electron chi connectivity index (χ1n) is 5.06. The topological polar surface area (TPSA) is 98.0 Å². The molecule has 0 aliphatic heterocycles. The average molecular weight is 398 g/mol. The van der Waals surface area contributed by atoms with Crippen molar-refractivity contribution in [2.24, 2.45) is 0 Å². The quantitative estimate of drug-likeness (QED) is 0.471. The second-order valence-corrected chi connectivity index (χ2v) is 6.87. The number of sulfonamides is 1. The third kappa shape index (κ3) is 3.51. The number of nitrogens with one attached hydrogen (secondary N) is 1. The summed E-state index contributed by atoms with van der Waals surface area (Å²) in [5, 5.41) is -0.134. The van der Waals surface area contributed by atoms with Crippen molar-refractivity contribution in [2.75, 3.05) is 10.5 Å². The van der Waals surface area contributed by atoms with Crippen LogP contribution in [0.4, 0.5) is 11.5 Å². The lowest BCUT2D eigenvalue weighted by Crippen LogP contribution is -2.15. The lowest BCUT2D eigenvalue weighted by atomic mass is 10.3. The molecule has 0 atom stereocenters. The molecule has 6 nitrogen and oxygen atoms in total. The summed E-state index contributed by atoms with van der Waals surface area (Å²) in [6.07, 6.45) is 0. The van der Waals surface area contributed by atoms with Crippen molar-refractivity contribution in [3.63, 3.8) is 0 Å². The molecule has 0 spiro atoms. The fourth-order valence-electron chi connectivity index (χ4n) is 1.37. The van der Waals surface area contributed by atoms with Gasteiger partial charge in [0.05, 0.1) is 0 Å². The van der Waals surface area contributed by atoms with Gasteiger partial charge in [0, 0.05) is 16.2 Å². The highest BCUT2D eigenvalue weighted by atomic mass is 79.9. The number of rotatable bonds is 3. The summed E-state index contributed by atoms with van der Waals surface area (Å²) in [4.78, 5) is 7.37. The Morgan fingerprint density at radius 1 is 1.20 bits per heavy atom. The van der Waals surface area contributed by atoms with E-state index < -0.39 is 10.0 Å². The molecule has 1 aromatic heterocycles. The molecule has 0 radical (unpaired) electrons. The number of halogens is 3. The molecule has 1 heterocycles. The second kappa shape index (κ2) is 5.72. The summed E-state index contributed by atoms with van der Waals surface area (Å²) in [5.74, 6) is -0.0290. The lowest BCUT2D eigenvalue weighted by molar-refractivity contribution is 0.600. The molecule has 106 valence electrons. The SMILES string of the molecule is Nc1ccc(S(=O)(=O)Nc2cc(Cl)nc(Cl)n2)c(Br)c1. The molecule has 10 heteroatoms. The Labute approximate surface area is 133 Å². The zero-order chi connectivity index (χ0) is 14.9. The van der Waals surface area contributed by atoms with Crippen LogP contribution in [0.5, 0.6) is 0 Å². The van der Waals surface area contributed by atoms with Gasteiger partial charge in [-0.3, -0.25) is 4.72 Å². The van der Waals surface area contributed by atoms with Gasteiger partial charge in [-0.15, -0.1) is 0 Å². The van der Waals surface area contributed by atoms with E-state index >= 15 is 0 Å². The lowest BCUT2D eigenvalue weighted by Gasteiger charge is -2.09. The number of nitrogens with two attached hydrogens (primary N) is 1. The van der Waals surface area contributed by atoms with E-state index in [2.05, 4.69) is 30.6 Å². The number of nitrogen functional groups attached to an aromatic ring is 1. The van der Waals surface area contributed by atoms with E-state index in [1.807, 2.05) is 0 Å². The Morgan fingerprint density at radius 2 is 1.90 bits per heavy atom. The molecule has 1 aromatic carbocycles.